The lowest BCUT2D eigenvalue weighted by molar-refractivity contribution is 0.0690. The zero-order chi connectivity index (χ0) is 15.7. The molecular weight excluding hydrogens is 294 g/mol. The van der Waals surface area contributed by atoms with Gasteiger partial charge in [0.05, 0.1) is 12.7 Å². The first-order valence-electron chi connectivity index (χ1n) is 6.78. The molecule has 0 aliphatic carbocycles. The Bertz CT molecular complexity index is 466. The van der Waals surface area contributed by atoms with Crippen molar-refractivity contribution in [1.29, 1.82) is 0 Å². The highest BCUT2D eigenvalue weighted by Gasteiger charge is 2.09. The maximum Gasteiger partial charge on any atom is 0.358 e. The second-order valence-electron chi connectivity index (χ2n) is 4.46. The van der Waals surface area contributed by atoms with Gasteiger partial charge in [0.2, 0.25) is 0 Å². The van der Waals surface area contributed by atoms with Gasteiger partial charge in [0.25, 0.3) is 0 Å². The van der Waals surface area contributed by atoms with Crippen LogP contribution in [0.15, 0.2) is 6.20 Å². The van der Waals surface area contributed by atoms with Crippen LogP contribution in [0.5, 0.6) is 0 Å². The molecule has 1 aromatic rings. The number of carboxylic acid groups (broad SMARTS) is 1. The molecule has 1 heterocycles. The van der Waals surface area contributed by atoms with Crippen molar-refractivity contribution in [3.63, 3.8) is 0 Å². The van der Waals surface area contributed by atoms with Gasteiger partial charge in [-0.15, -0.1) is 5.10 Å². The summed E-state index contributed by atoms with van der Waals surface area (Å²) in [5, 5.41) is 21.4. The number of aromatic nitrogens is 3. The normalized spacial score (nSPS) is 11.9. The molecule has 0 bridgehead atoms. The molecule has 1 aromatic heterocycles. The molecule has 1 unspecified atom stereocenters. The minimum Gasteiger partial charge on any atom is -0.476 e. The summed E-state index contributed by atoms with van der Waals surface area (Å²) < 4.78 is 1.38. The Morgan fingerprint density at radius 2 is 2.29 bits per heavy atom. The number of urea groups is 1. The third-order valence-corrected chi connectivity index (χ3v) is 3.59. The van der Waals surface area contributed by atoms with Crippen LogP contribution in [0, 0.1) is 0 Å². The van der Waals surface area contributed by atoms with Crippen LogP contribution in [0.4, 0.5) is 4.79 Å². The van der Waals surface area contributed by atoms with Gasteiger partial charge in [-0.3, -0.25) is 0 Å². The minimum absolute atomic E-state index is 0.110. The van der Waals surface area contributed by atoms with Gasteiger partial charge in [0.15, 0.2) is 5.69 Å². The molecule has 0 aromatic carbocycles. The van der Waals surface area contributed by atoms with Crippen molar-refractivity contribution in [1.82, 2.24) is 25.6 Å². The lowest BCUT2D eigenvalue weighted by atomic mass is 10.3. The average molecular weight is 315 g/mol. The molecular formula is C12H21N5O3S. The van der Waals surface area contributed by atoms with E-state index in [4.69, 9.17) is 5.11 Å². The third-order valence-electron chi connectivity index (χ3n) is 2.66. The van der Waals surface area contributed by atoms with Gasteiger partial charge in [-0.25, -0.2) is 14.3 Å². The Kier molecular flexibility index (Phi) is 7.59. The fourth-order valence-corrected chi connectivity index (χ4v) is 2.35. The van der Waals surface area contributed by atoms with Gasteiger partial charge in [0.1, 0.15) is 0 Å². The number of carbonyl (C=O) groups is 2. The monoisotopic (exact) mass is 315 g/mol. The standard InChI is InChI=1S/C12H21N5O3S/c1-3-21-7-4-9(2)14-12(20)13-5-6-17-8-10(11(18)19)15-16-17/h8-9H,3-7H2,1-2H3,(H,18,19)(H2,13,14,20). The number of carboxylic acids is 1. The first-order chi connectivity index (χ1) is 10.0. The number of hydrogen-bond acceptors (Lipinski definition) is 5. The SMILES string of the molecule is CCSCCC(C)NC(=O)NCCn1cc(C(=O)O)nn1. The first-order valence-corrected chi connectivity index (χ1v) is 7.94. The van der Waals surface area contributed by atoms with Gasteiger partial charge in [-0.2, -0.15) is 11.8 Å². The molecule has 0 aliphatic rings. The van der Waals surface area contributed by atoms with E-state index in [0.717, 1.165) is 17.9 Å². The fraction of sp³-hybridized carbons (Fsp3) is 0.667. The largest absolute Gasteiger partial charge is 0.476 e. The highest BCUT2D eigenvalue weighted by atomic mass is 32.2. The Morgan fingerprint density at radius 1 is 1.52 bits per heavy atom. The number of aromatic carboxylic acids is 1. The van der Waals surface area contributed by atoms with Crippen LogP contribution in [0.1, 0.15) is 30.8 Å². The van der Waals surface area contributed by atoms with Crippen molar-refractivity contribution in [2.75, 3.05) is 18.1 Å². The Morgan fingerprint density at radius 3 is 2.90 bits per heavy atom. The summed E-state index contributed by atoms with van der Waals surface area (Å²) in [6.45, 7) is 4.79. The second-order valence-corrected chi connectivity index (χ2v) is 5.85. The van der Waals surface area contributed by atoms with E-state index in [1.54, 1.807) is 0 Å². The van der Waals surface area contributed by atoms with Crippen LogP contribution in [0.25, 0.3) is 0 Å². The summed E-state index contributed by atoms with van der Waals surface area (Å²) in [6.07, 6.45) is 2.25. The lowest BCUT2D eigenvalue weighted by Crippen LogP contribution is -2.42. The summed E-state index contributed by atoms with van der Waals surface area (Å²) in [7, 11) is 0. The molecule has 21 heavy (non-hydrogen) atoms. The van der Waals surface area contributed by atoms with Gasteiger partial charge in [-0.05, 0) is 24.9 Å². The van der Waals surface area contributed by atoms with E-state index in [1.165, 1.54) is 10.9 Å². The average Bonchev–Trinajstić information content (AvgIpc) is 2.88. The molecule has 0 saturated heterocycles. The number of hydrogen-bond donors (Lipinski definition) is 3. The van der Waals surface area contributed by atoms with E-state index >= 15 is 0 Å². The Labute approximate surface area is 127 Å². The molecule has 9 heteroatoms. The zero-order valence-electron chi connectivity index (χ0n) is 12.2. The number of nitrogens with zero attached hydrogens (tertiary/aromatic N) is 3. The van der Waals surface area contributed by atoms with Crippen LogP contribution in [-0.4, -0.2) is 56.2 Å². The summed E-state index contributed by atoms with van der Waals surface area (Å²) in [5.41, 5.74) is -0.110. The van der Waals surface area contributed by atoms with Gasteiger partial charge >= 0.3 is 12.0 Å². The van der Waals surface area contributed by atoms with Crippen LogP contribution in [-0.2, 0) is 6.54 Å². The molecule has 1 rings (SSSR count). The summed E-state index contributed by atoms with van der Waals surface area (Å²) in [6, 6.07) is -0.114. The minimum atomic E-state index is -1.12. The number of amides is 2. The molecule has 8 nitrogen and oxygen atoms in total. The molecule has 0 fully saturated rings. The maximum absolute atomic E-state index is 11.6. The number of rotatable bonds is 9. The van der Waals surface area contributed by atoms with Gasteiger partial charge in [-0.1, -0.05) is 12.1 Å². The molecule has 118 valence electrons. The van der Waals surface area contributed by atoms with Crippen LogP contribution >= 0.6 is 11.8 Å². The van der Waals surface area contributed by atoms with E-state index in [0.29, 0.717) is 13.1 Å². The Balaban J connectivity index is 2.19. The number of nitrogens with one attached hydrogen (secondary N) is 2. The van der Waals surface area contributed by atoms with Crippen molar-refractivity contribution in [2.24, 2.45) is 0 Å². The van der Waals surface area contributed by atoms with Crippen molar-refractivity contribution in [3.8, 4) is 0 Å². The van der Waals surface area contributed by atoms with Gasteiger partial charge < -0.3 is 15.7 Å². The molecule has 0 radical (unpaired) electrons. The molecule has 0 spiro atoms. The summed E-state index contributed by atoms with van der Waals surface area (Å²) >= 11 is 1.85. The molecule has 2 amide bonds. The lowest BCUT2D eigenvalue weighted by Gasteiger charge is -2.14. The first kappa shape index (κ1) is 17.3. The van der Waals surface area contributed by atoms with Crippen LogP contribution < -0.4 is 10.6 Å². The highest BCUT2D eigenvalue weighted by Crippen LogP contribution is 2.03. The number of carbonyl (C=O) groups excluding carboxylic acids is 1. The number of thioether (sulfide) groups is 1. The predicted octanol–water partition coefficient (Wildman–Crippen LogP) is 0.807. The molecule has 3 N–H and O–H groups in total. The second kappa shape index (κ2) is 9.22. The fourth-order valence-electron chi connectivity index (χ4n) is 1.54. The highest BCUT2D eigenvalue weighted by molar-refractivity contribution is 7.99. The van der Waals surface area contributed by atoms with E-state index in [1.807, 2.05) is 18.7 Å². The third kappa shape index (κ3) is 6.98. The van der Waals surface area contributed by atoms with Crippen molar-refractivity contribution in [2.45, 2.75) is 32.9 Å². The van der Waals surface area contributed by atoms with Crippen molar-refractivity contribution in [3.05, 3.63) is 11.9 Å². The van der Waals surface area contributed by atoms with Crippen molar-refractivity contribution < 1.29 is 14.7 Å². The van der Waals surface area contributed by atoms with Gasteiger partial charge in [0, 0.05) is 12.6 Å². The maximum atomic E-state index is 11.6. The molecule has 1 atom stereocenters. The van der Waals surface area contributed by atoms with E-state index in [2.05, 4.69) is 27.9 Å². The molecule has 0 aliphatic heterocycles. The van der Waals surface area contributed by atoms with E-state index < -0.39 is 5.97 Å². The van der Waals surface area contributed by atoms with Crippen LogP contribution in [0.2, 0.25) is 0 Å². The van der Waals surface area contributed by atoms with E-state index in [-0.39, 0.29) is 17.8 Å². The van der Waals surface area contributed by atoms with E-state index in [9.17, 15) is 9.59 Å². The zero-order valence-corrected chi connectivity index (χ0v) is 13.0. The van der Waals surface area contributed by atoms with Crippen molar-refractivity contribution >= 4 is 23.8 Å². The quantitative estimate of drug-likeness (QED) is 0.582. The van der Waals surface area contributed by atoms with Crippen LogP contribution in [0.3, 0.4) is 0 Å². The predicted molar refractivity (Wildman–Crippen MR) is 80.6 cm³/mol. The molecule has 0 saturated carbocycles. The smallest absolute Gasteiger partial charge is 0.358 e. The topological polar surface area (TPSA) is 109 Å². The summed E-state index contributed by atoms with van der Waals surface area (Å²) in [5.74, 6) is 0.982. The summed E-state index contributed by atoms with van der Waals surface area (Å²) in [4.78, 5) is 22.2. The Hall–Kier alpha value is -1.77.